The van der Waals surface area contributed by atoms with Crippen LogP contribution in [0.25, 0.3) is 11.3 Å². The van der Waals surface area contributed by atoms with Crippen LogP contribution in [0.15, 0.2) is 54.6 Å². The molecule has 110 valence electrons. The van der Waals surface area contributed by atoms with Gasteiger partial charge in [-0.2, -0.15) is 0 Å². The molecule has 0 spiro atoms. The zero-order valence-electron chi connectivity index (χ0n) is 11.3. The maximum atomic E-state index is 11.4. The second kappa shape index (κ2) is 6.17. The molecule has 0 aliphatic carbocycles. The molecule has 1 aromatic heterocycles. The molecule has 0 saturated heterocycles. The lowest BCUT2D eigenvalue weighted by molar-refractivity contribution is 0.0702. The van der Waals surface area contributed by atoms with Gasteiger partial charge in [0, 0.05) is 5.56 Å². The minimum Gasteiger partial charge on any atom is -0.477 e. The molecule has 22 heavy (non-hydrogen) atoms. The molecule has 6 heteroatoms. The first-order chi connectivity index (χ1) is 10.6. The monoisotopic (exact) mass is 330 g/mol. The molecule has 0 radical (unpaired) electrons. The molecule has 0 amide bonds. The van der Waals surface area contributed by atoms with Crippen LogP contribution in [0.1, 0.15) is 9.67 Å². The minimum atomic E-state index is -0.997. The van der Waals surface area contributed by atoms with Gasteiger partial charge in [0.15, 0.2) is 5.13 Å². The quantitative estimate of drug-likeness (QED) is 0.713. The number of halogens is 1. The van der Waals surface area contributed by atoms with E-state index in [1.165, 1.54) is 0 Å². The molecule has 0 aliphatic heterocycles. The number of aromatic carboxylic acids is 1. The van der Waals surface area contributed by atoms with Crippen molar-refractivity contribution in [1.82, 2.24) is 4.98 Å². The smallest absolute Gasteiger partial charge is 0.348 e. The summed E-state index contributed by atoms with van der Waals surface area (Å²) >= 11 is 7.18. The highest BCUT2D eigenvalue weighted by molar-refractivity contribution is 7.18. The number of nitrogens with zero attached hydrogens (tertiary/aromatic N) is 1. The van der Waals surface area contributed by atoms with E-state index in [1.54, 1.807) is 6.07 Å². The van der Waals surface area contributed by atoms with Gasteiger partial charge in [-0.15, -0.1) is 0 Å². The van der Waals surface area contributed by atoms with Crippen LogP contribution in [-0.2, 0) is 0 Å². The van der Waals surface area contributed by atoms with Crippen molar-refractivity contribution in [3.63, 3.8) is 0 Å². The molecule has 0 unspecified atom stereocenters. The lowest BCUT2D eigenvalue weighted by Gasteiger charge is -2.03. The lowest BCUT2D eigenvalue weighted by atomic mass is 10.1. The number of anilines is 2. The van der Waals surface area contributed by atoms with Gasteiger partial charge in [0.1, 0.15) is 4.88 Å². The second-order valence-corrected chi connectivity index (χ2v) is 5.88. The topological polar surface area (TPSA) is 62.2 Å². The van der Waals surface area contributed by atoms with Crippen LogP contribution in [0.5, 0.6) is 0 Å². The van der Waals surface area contributed by atoms with Crippen molar-refractivity contribution in [2.75, 3.05) is 5.32 Å². The van der Waals surface area contributed by atoms with Crippen molar-refractivity contribution < 1.29 is 9.90 Å². The van der Waals surface area contributed by atoms with Crippen molar-refractivity contribution in [1.29, 1.82) is 0 Å². The standard InChI is InChI=1S/C16H11ClN2O2S/c17-11-8-4-5-9-12(11)18-16-19-13(14(22-16)15(20)21)10-6-2-1-3-7-10/h1-9H,(H,18,19)(H,20,21). The molecular formula is C16H11ClN2O2S. The summed E-state index contributed by atoms with van der Waals surface area (Å²) in [6, 6.07) is 16.5. The summed E-state index contributed by atoms with van der Waals surface area (Å²) in [6.45, 7) is 0. The van der Waals surface area contributed by atoms with Crippen molar-refractivity contribution in [3.8, 4) is 11.3 Å². The number of hydrogen-bond acceptors (Lipinski definition) is 4. The van der Waals surface area contributed by atoms with Crippen LogP contribution >= 0.6 is 22.9 Å². The first-order valence-corrected chi connectivity index (χ1v) is 7.65. The predicted octanol–water partition coefficient (Wildman–Crippen LogP) is 4.91. The van der Waals surface area contributed by atoms with Gasteiger partial charge < -0.3 is 10.4 Å². The van der Waals surface area contributed by atoms with Crippen LogP contribution in [-0.4, -0.2) is 16.1 Å². The van der Waals surface area contributed by atoms with E-state index in [2.05, 4.69) is 10.3 Å². The Morgan fingerprint density at radius 1 is 1.09 bits per heavy atom. The van der Waals surface area contributed by atoms with Crippen LogP contribution in [0, 0.1) is 0 Å². The number of aromatic nitrogens is 1. The second-order valence-electron chi connectivity index (χ2n) is 4.47. The number of rotatable bonds is 4. The van der Waals surface area contributed by atoms with Crippen molar-refractivity contribution >= 4 is 39.7 Å². The van der Waals surface area contributed by atoms with Gasteiger partial charge in [0.25, 0.3) is 0 Å². The van der Waals surface area contributed by atoms with Gasteiger partial charge in [-0.3, -0.25) is 0 Å². The van der Waals surface area contributed by atoms with Crippen molar-refractivity contribution in [3.05, 3.63) is 64.5 Å². The average molecular weight is 331 g/mol. The van der Waals surface area contributed by atoms with E-state index in [0.717, 1.165) is 16.9 Å². The van der Waals surface area contributed by atoms with Gasteiger partial charge in [0.05, 0.1) is 16.4 Å². The Bertz CT molecular complexity index is 818. The van der Waals surface area contributed by atoms with Crippen LogP contribution in [0.3, 0.4) is 0 Å². The largest absolute Gasteiger partial charge is 0.477 e. The number of para-hydroxylation sites is 1. The van der Waals surface area contributed by atoms with Gasteiger partial charge >= 0.3 is 5.97 Å². The van der Waals surface area contributed by atoms with Gasteiger partial charge in [0.2, 0.25) is 0 Å². The fraction of sp³-hybridized carbons (Fsp3) is 0. The Balaban J connectivity index is 2.01. The number of carbonyl (C=O) groups is 1. The van der Waals surface area contributed by atoms with E-state index in [1.807, 2.05) is 48.5 Å². The SMILES string of the molecule is O=C(O)c1sc(Nc2ccccc2Cl)nc1-c1ccccc1. The summed E-state index contributed by atoms with van der Waals surface area (Å²) in [5.41, 5.74) is 1.91. The van der Waals surface area contributed by atoms with Gasteiger partial charge in [-0.1, -0.05) is 65.4 Å². The summed E-state index contributed by atoms with van der Waals surface area (Å²) in [4.78, 5) is 16.0. The third-order valence-corrected chi connectivity index (χ3v) is 4.27. The summed E-state index contributed by atoms with van der Waals surface area (Å²) in [6.07, 6.45) is 0. The summed E-state index contributed by atoms with van der Waals surface area (Å²) in [7, 11) is 0. The Kier molecular flexibility index (Phi) is 4.09. The Morgan fingerprint density at radius 3 is 2.45 bits per heavy atom. The molecule has 4 nitrogen and oxygen atoms in total. The first-order valence-electron chi connectivity index (χ1n) is 6.46. The molecular weight excluding hydrogens is 320 g/mol. The molecule has 1 heterocycles. The van der Waals surface area contributed by atoms with E-state index >= 15 is 0 Å². The fourth-order valence-corrected chi connectivity index (χ4v) is 3.01. The maximum absolute atomic E-state index is 11.4. The molecule has 2 aromatic carbocycles. The zero-order chi connectivity index (χ0) is 15.5. The predicted molar refractivity (Wildman–Crippen MR) is 89.2 cm³/mol. The van der Waals surface area contributed by atoms with Crippen molar-refractivity contribution in [2.24, 2.45) is 0 Å². The van der Waals surface area contributed by atoms with E-state index in [0.29, 0.717) is 21.5 Å². The number of thiazole rings is 1. The Morgan fingerprint density at radius 2 is 1.77 bits per heavy atom. The Labute approximate surface area is 136 Å². The summed E-state index contributed by atoms with van der Waals surface area (Å²) in [5.74, 6) is -0.997. The molecule has 3 rings (SSSR count). The lowest BCUT2D eigenvalue weighted by Crippen LogP contribution is -1.95. The van der Waals surface area contributed by atoms with Crippen molar-refractivity contribution in [2.45, 2.75) is 0 Å². The molecule has 0 atom stereocenters. The summed E-state index contributed by atoms with van der Waals surface area (Å²) in [5, 5.41) is 13.5. The van der Waals surface area contributed by atoms with E-state index < -0.39 is 5.97 Å². The van der Waals surface area contributed by atoms with E-state index in [4.69, 9.17) is 11.6 Å². The molecule has 3 aromatic rings. The highest BCUT2D eigenvalue weighted by Gasteiger charge is 2.19. The number of carboxylic acids is 1. The van der Waals surface area contributed by atoms with E-state index in [9.17, 15) is 9.90 Å². The number of carboxylic acid groups (broad SMARTS) is 1. The fourth-order valence-electron chi connectivity index (χ4n) is 1.99. The third-order valence-electron chi connectivity index (χ3n) is 2.98. The van der Waals surface area contributed by atoms with Gasteiger partial charge in [-0.25, -0.2) is 9.78 Å². The number of benzene rings is 2. The first kappa shape index (κ1) is 14.6. The van der Waals surface area contributed by atoms with Crippen LogP contribution in [0.4, 0.5) is 10.8 Å². The number of nitrogens with one attached hydrogen (secondary N) is 1. The molecule has 2 N–H and O–H groups in total. The van der Waals surface area contributed by atoms with Crippen LogP contribution < -0.4 is 5.32 Å². The van der Waals surface area contributed by atoms with E-state index in [-0.39, 0.29) is 4.88 Å². The minimum absolute atomic E-state index is 0.195. The Hall–Kier alpha value is -2.37. The third kappa shape index (κ3) is 2.95. The maximum Gasteiger partial charge on any atom is 0.348 e. The molecule has 0 bridgehead atoms. The highest BCUT2D eigenvalue weighted by Crippen LogP contribution is 2.34. The van der Waals surface area contributed by atoms with Crippen LogP contribution in [0.2, 0.25) is 5.02 Å². The summed E-state index contributed by atoms with van der Waals surface area (Å²) < 4.78 is 0. The molecule has 0 aliphatic rings. The average Bonchev–Trinajstić information content (AvgIpc) is 2.95. The highest BCUT2D eigenvalue weighted by atomic mass is 35.5. The van der Waals surface area contributed by atoms with Gasteiger partial charge in [-0.05, 0) is 12.1 Å². The molecule has 0 fully saturated rings. The molecule has 0 saturated carbocycles. The zero-order valence-corrected chi connectivity index (χ0v) is 12.9. The normalized spacial score (nSPS) is 10.4. The number of hydrogen-bond donors (Lipinski definition) is 2.